The van der Waals surface area contributed by atoms with Crippen molar-refractivity contribution in [2.24, 2.45) is 0 Å². The van der Waals surface area contributed by atoms with Gasteiger partial charge in [0.2, 0.25) is 0 Å². The summed E-state index contributed by atoms with van der Waals surface area (Å²) >= 11 is 0. The minimum atomic E-state index is 0.846. The summed E-state index contributed by atoms with van der Waals surface area (Å²) in [6.07, 6.45) is 4.28. The van der Waals surface area contributed by atoms with E-state index in [4.69, 9.17) is 0 Å². The van der Waals surface area contributed by atoms with E-state index in [1.165, 1.54) is 22.4 Å². The molecular weight excluding hydrogens is 218 g/mol. The summed E-state index contributed by atoms with van der Waals surface area (Å²) in [4.78, 5) is 0. The normalized spacial score (nSPS) is 10.8. The zero-order chi connectivity index (χ0) is 12.8. The summed E-state index contributed by atoms with van der Waals surface area (Å²) < 4.78 is 0. The maximum absolute atomic E-state index is 3.42. The van der Waals surface area contributed by atoms with Gasteiger partial charge in [-0.1, -0.05) is 60.2 Å². The van der Waals surface area contributed by atoms with Gasteiger partial charge in [0.05, 0.1) is 0 Å². The van der Waals surface area contributed by atoms with Crippen molar-refractivity contribution in [1.82, 2.24) is 0 Å². The van der Waals surface area contributed by atoms with Crippen molar-refractivity contribution in [3.8, 4) is 0 Å². The molecule has 0 spiro atoms. The van der Waals surface area contributed by atoms with Crippen molar-refractivity contribution in [3.05, 3.63) is 71.3 Å². The van der Waals surface area contributed by atoms with Gasteiger partial charge in [-0.15, -0.1) is 0 Å². The molecule has 2 rings (SSSR count). The third kappa shape index (κ3) is 3.49. The lowest BCUT2D eigenvalue weighted by Crippen LogP contribution is -2.00. The van der Waals surface area contributed by atoms with Gasteiger partial charge < -0.3 is 5.32 Å². The van der Waals surface area contributed by atoms with Crippen LogP contribution in [0.2, 0.25) is 0 Å². The van der Waals surface area contributed by atoms with Gasteiger partial charge in [0, 0.05) is 12.2 Å². The molecule has 0 atom stereocenters. The van der Waals surface area contributed by atoms with E-state index in [2.05, 4.69) is 73.8 Å². The third-order valence-electron chi connectivity index (χ3n) is 2.90. The van der Waals surface area contributed by atoms with E-state index >= 15 is 0 Å². The molecule has 0 aromatic heterocycles. The number of rotatable bonds is 4. The Morgan fingerprint density at radius 3 is 2.50 bits per heavy atom. The number of hydrogen-bond donors (Lipinski definition) is 1. The van der Waals surface area contributed by atoms with Crippen LogP contribution in [0.3, 0.4) is 0 Å². The standard InChI is InChI=1S/C17H19N/c1-14-10-11-17(15(2)13-14)18-12-6-9-16-7-4-3-5-8-16/h3-11,13,18H,12H2,1-2H3/b9-6+. The molecule has 2 aromatic carbocycles. The van der Waals surface area contributed by atoms with Crippen LogP contribution in [0.25, 0.3) is 6.08 Å². The van der Waals surface area contributed by atoms with E-state index < -0.39 is 0 Å². The third-order valence-corrected chi connectivity index (χ3v) is 2.90. The average Bonchev–Trinajstić information content (AvgIpc) is 2.38. The smallest absolute Gasteiger partial charge is 0.0372 e. The number of hydrogen-bond acceptors (Lipinski definition) is 1. The van der Waals surface area contributed by atoms with E-state index in [9.17, 15) is 0 Å². The van der Waals surface area contributed by atoms with Gasteiger partial charge in [-0.2, -0.15) is 0 Å². The predicted octanol–water partition coefficient (Wildman–Crippen LogP) is 4.43. The van der Waals surface area contributed by atoms with Gasteiger partial charge in [0.15, 0.2) is 0 Å². The van der Waals surface area contributed by atoms with Crippen molar-refractivity contribution in [3.63, 3.8) is 0 Å². The van der Waals surface area contributed by atoms with Crippen molar-refractivity contribution in [1.29, 1.82) is 0 Å². The first kappa shape index (κ1) is 12.4. The minimum absolute atomic E-state index is 0.846. The summed E-state index contributed by atoms with van der Waals surface area (Å²) in [6, 6.07) is 16.8. The van der Waals surface area contributed by atoms with Crippen LogP contribution in [0, 0.1) is 13.8 Å². The Labute approximate surface area is 109 Å². The Hall–Kier alpha value is -2.02. The fourth-order valence-corrected chi connectivity index (χ4v) is 1.94. The molecule has 0 radical (unpaired) electrons. The zero-order valence-corrected chi connectivity index (χ0v) is 11.0. The fraction of sp³-hybridized carbons (Fsp3) is 0.176. The molecule has 0 saturated carbocycles. The molecular formula is C17H19N. The van der Waals surface area contributed by atoms with Crippen molar-refractivity contribution < 1.29 is 0 Å². The molecule has 1 N–H and O–H groups in total. The maximum atomic E-state index is 3.42. The highest BCUT2D eigenvalue weighted by Gasteiger charge is 1.95. The number of benzene rings is 2. The highest BCUT2D eigenvalue weighted by Crippen LogP contribution is 2.15. The molecule has 0 unspecified atom stereocenters. The molecule has 0 amide bonds. The second kappa shape index (κ2) is 6.06. The molecule has 2 aromatic rings. The van der Waals surface area contributed by atoms with Crippen molar-refractivity contribution in [2.45, 2.75) is 13.8 Å². The monoisotopic (exact) mass is 237 g/mol. The maximum Gasteiger partial charge on any atom is 0.0372 e. The van der Waals surface area contributed by atoms with Crippen LogP contribution >= 0.6 is 0 Å². The molecule has 0 heterocycles. The molecule has 1 heteroatoms. The van der Waals surface area contributed by atoms with Crippen LogP contribution in [0.15, 0.2) is 54.6 Å². The van der Waals surface area contributed by atoms with Crippen LogP contribution in [-0.4, -0.2) is 6.54 Å². The molecule has 1 nitrogen and oxygen atoms in total. The summed E-state index contributed by atoms with van der Waals surface area (Å²) in [7, 11) is 0. The molecule has 0 fully saturated rings. The Bertz CT molecular complexity index is 527. The van der Waals surface area contributed by atoms with Crippen LogP contribution < -0.4 is 5.32 Å². The van der Waals surface area contributed by atoms with E-state index in [0.717, 1.165) is 6.54 Å². The van der Waals surface area contributed by atoms with Crippen LogP contribution in [-0.2, 0) is 0 Å². The lowest BCUT2D eigenvalue weighted by Gasteiger charge is -2.07. The summed E-state index contributed by atoms with van der Waals surface area (Å²) in [5.74, 6) is 0. The summed E-state index contributed by atoms with van der Waals surface area (Å²) in [6.45, 7) is 5.10. The Morgan fingerprint density at radius 2 is 1.78 bits per heavy atom. The Kier molecular flexibility index (Phi) is 4.19. The number of anilines is 1. The van der Waals surface area contributed by atoms with Gasteiger partial charge in [-0.05, 0) is 31.0 Å². The highest BCUT2D eigenvalue weighted by molar-refractivity contribution is 5.54. The molecule has 92 valence electrons. The number of nitrogens with one attached hydrogen (secondary N) is 1. The quantitative estimate of drug-likeness (QED) is 0.829. The van der Waals surface area contributed by atoms with Gasteiger partial charge in [0.1, 0.15) is 0 Å². The molecule has 0 saturated heterocycles. The fourth-order valence-electron chi connectivity index (χ4n) is 1.94. The second-order valence-electron chi connectivity index (χ2n) is 4.51. The predicted molar refractivity (Wildman–Crippen MR) is 79.9 cm³/mol. The molecule has 0 bridgehead atoms. The van der Waals surface area contributed by atoms with Crippen molar-refractivity contribution in [2.75, 3.05) is 11.9 Å². The van der Waals surface area contributed by atoms with E-state index in [1.54, 1.807) is 0 Å². The number of aryl methyl sites for hydroxylation is 2. The molecule has 0 aliphatic carbocycles. The highest BCUT2D eigenvalue weighted by atomic mass is 14.9. The van der Waals surface area contributed by atoms with Crippen LogP contribution in [0.4, 0.5) is 5.69 Å². The summed E-state index contributed by atoms with van der Waals surface area (Å²) in [5, 5.41) is 3.42. The Balaban J connectivity index is 1.91. The first-order valence-corrected chi connectivity index (χ1v) is 6.28. The van der Waals surface area contributed by atoms with Crippen LogP contribution in [0.5, 0.6) is 0 Å². The molecule has 0 aliphatic rings. The van der Waals surface area contributed by atoms with Gasteiger partial charge in [0.25, 0.3) is 0 Å². The Morgan fingerprint density at radius 1 is 1.00 bits per heavy atom. The zero-order valence-electron chi connectivity index (χ0n) is 11.0. The average molecular weight is 237 g/mol. The van der Waals surface area contributed by atoms with E-state index in [-0.39, 0.29) is 0 Å². The largest absolute Gasteiger partial charge is 0.381 e. The first-order valence-electron chi connectivity index (χ1n) is 6.28. The topological polar surface area (TPSA) is 12.0 Å². The lowest BCUT2D eigenvalue weighted by atomic mass is 10.1. The molecule has 18 heavy (non-hydrogen) atoms. The second-order valence-corrected chi connectivity index (χ2v) is 4.51. The van der Waals surface area contributed by atoms with E-state index in [1.807, 2.05) is 6.07 Å². The first-order chi connectivity index (χ1) is 8.75. The molecule has 0 aliphatic heterocycles. The lowest BCUT2D eigenvalue weighted by molar-refractivity contribution is 1.29. The van der Waals surface area contributed by atoms with Gasteiger partial charge >= 0.3 is 0 Å². The van der Waals surface area contributed by atoms with Gasteiger partial charge in [-0.25, -0.2) is 0 Å². The van der Waals surface area contributed by atoms with Crippen LogP contribution in [0.1, 0.15) is 16.7 Å². The minimum Gasteiger partial charge on any atom is -0.381 e. The SMILES string of the molecule is Cc1ccc(NC/C=C/c2ccccc2)c(C)c1. The summed E-state index contributed by atoms with van der Waals surface area (Å²) in [5.41, 5.74) is 5.04. The van der Waals surface area contributed by atoms with E-state index in [0.29, 0.717) is 0 Å². The van der Waals surface area contributed by atoms with Gasteiger partial charge in [-0.3, -0.25) is 0 Å². The van der Waals surface area contributed by atoms with Crippen molar-refractivity contribution >= 4 is 11.8 Å².